The molecular weight excluding hydrogens is 255 g/mol. The van der Waals surface area contributed by atoms with Crippen molar-refractivity contribution in [3.05, 3.63) is 29.6 Å². The standard InChI is InChI=1S/C12H13FN2S2/c13-10-3-9(6-14)4-11(5-10)15-7-12-8-16-1-2-17-12/h3-5,12,15H,1-2,7-8H2. The molecule has 0 bridgehead atoms. The molecule has 1 aromatic rings. The van der Waals surface area contributed by atoms with Gasteiger partial charge in [0.25, 0.3) is 0 Å². The second-order valence-corrected chi connectivity index (χ2v) is 6.35. The Morgan fingerprint density at radius 1 is 1.41 bits per heavy atom. The Morgan fingerprint density at radius 3 is 3.00 bits per heavy atom. The molecule has 1 unspecified atom stereocenters. The maximum absolute atomic E-state index is 13.2. The SMILES string of the molecule is N#Cc1cc(F)cc(NCC2CSCCS2)c1. The van der Waals surface area contributed by atoms with Crippen molar-refractivity contribution in [1.29, 1.82) is 5.26 Å². The predicted octanol–water partition coefficient (Wildman–Crippen LogP) is 2.96. The predicted molar refractivity (Wildman–Crippen MR) is 73.2 cm³/mol. The molecule has 0 spiro atoms. The lowest BCUT2D eigenvalue weighted by atomic mass is 10.2. The highest BCUT2D eigenvalue weighted by Crippen LogP contribution is 2.24. The summed E-state index contributed by atoms with van der Waals surface area (Å²) in [5.41, 5.74) is 1.05. The van der Waals surface area contributed by atoms with Gasteiger partial charge < -0.3 is 5.32 Å². The van der Waals surface area contributed by atoms with Gasteiger partial charge in [-0.25, -0.2) is 4.39 Å². The van der Waals surface area contributed by atoms with Crippen molar-refractivity contribution in [1.82, 2.24) is 0 Å². The average Bonchev–Trinajstić information content (AvgIpc) is 2.37. The van der Waals surface area contributed by atoms with Crippen molar-refractivity contribution in [3.63, 3.8) is 0 Å². The van der Waals surface area contributed by atoms with Crippen molar-refractivity contribution in [2.45, 2.75) is 5.25 Å². The van der Waals surface area contributed by atoms with Gasteiger partial charge in [0.1, 0.15) is 5.82 Å². The zero-order valence-electron chi connectivity index (χ0n) is 9.28. The molecule has 1 fully saturated rings. The molecule has 90 valence electrons. The number of anilines is 1. The summed E-state index contributed by atoms with van der Waals surface area (Å²) in [6, 6.07) is 6.32. The van der Waals surface area contributed by atoms with Gasteiger partial charge in [0, 0.05) is 34.7 Å². The molecule has 17 heavy (non-hydrogen) atoms. The van der Waals surface area contributed by atoms with Gasteiger partial charge >= 0.3 is 0 Å². The maximum Gasteiger partial charge on any atom is 0.126 e. The summed E-state index contributed by atoms with van der Waals surface area (Å²) in [5.74, 6) is 3.18. The number of benzene rings is 1. The molecule has 1 aliphatic rings. The van der Waals surface area contributed by atoms with E-state index in [4.69, 9.17) is 5.26 Å². The number of hydrogen-bond donors (Lipinski definition) is 1. The highest BCUT2D eigenvalue weighted by molar-refractivity contribution is 8.06. The largest absolute Gasteiger partial charge is 0.384 e. The van der Waals surface area contributed by atoms with Gasteiger partial charge in [0.15, 0.2) is 0 Å². The van der Waals surface area contributed by atoms with E-state index < -0.39 is 0 Å². The Hall–Kier alpha value is -0.860. The quantitative estimate of drug-likeness (QED) is 0.914. The normalized spacial score (nSPS) is 19.6. The fourth-order valence-electron chi connectivity index (χ4n) is 1.64. The zero-order chi connectivity index (χ0) is 12.1. The Balaban J connectivity index is 1.94. The van der Waals surface area contributed by atoms with Gasteiger partial charge in [-0.05, 0) is 18.2 Å². The minimum atomic E-state index is -0.364. The molecule has 2 nitrogen and oxygen atoms in total. The summed E-state index contributed by atoms with van der Waals surface area (Å²) in [6.07, 6.45) is 0. The van der Waals surface area contributed by atoms with E-state index in [2.05, 4.69) is 5.32 Å². The summed E-state index contributed by atoms with van der Waals surface area (Å²) >= 11 is 3.92. The lowest BCUT2D eigenvalue weighted by Gasteiger charge is -2.21. The molecule has 0 amide bonds. The van der Waals surface area contributed by atoms with Crippen molar-refractivity contribution < 1.29 is 4.39 Å². The molecule has 0 saturated carbocycles. The molecule has 1 atom stereocenters. The molecule has 1 heterocycles. The van der Waals surface area contributed by atoms with E-state index in [9.17, 15) is 4.39 Å². The van der Waals surface area contributed by atoms with Gasteiger partial charge in [0.05, 0.1) is 11.6 Å². The number of nitrogens with one attached hydrogen (secondary N) is 1. The van der Waals surface area contributed by atoms with E-state index in [1.807, 2.05) is 29.6 Å². The minimum absolute atomic E-state index is 0.359. The van der Waals surface area contributed by atoms with Gasteiger partial charge in [-0.1, -0.05) is 0 Å². The van der Waals surface area contributed by atoms with Crippen molar-refractivity contribution in [2.24, 2.45) is 0 Å². The lowest BCUT2D eigenvalue weighted by molar-refractivity contribution is 0.627. The van der Waals surface area contributed by atoms with Crippen LogP contribution in [-0.4, -0.2) is 29.1 Å². The van der Waals surface area contributed by atoms with Crippen molar-refractivity contribution in [3.8, 4) is 6.07 Å². The lowest BCUT2D eigenvalue weighted by Crippen LogP contribution is -2.23. The summed E-state index contributed by atoms with van der Waals surface area (Å²) < 4.78 is 13.2. The van der Waals surface area contributed by atoms with Gasteiger partial charge in [0.2, 0.25) is 0 Å². The van der Waals surface area contributed by atoms with E-state index in [-0.39, 0.29) is 5.82 Å². The monoisotopic (exact) mass is 268 g/mol. The molecule has 1 saturated heterocycles. The summed E-state index contributed by atoms with van der Waals surface area (Å²) in [4.78, 5) is 0. The summed E-state index contributed by atoms with van der Waals surface area (Å²) in [5, 5.41) is 12.5. The van der Waals surface area contributed by atoms with E-state index >= 15 is 0 Å². The van der Waals surface area contributed by atoms with Crippen LogP contribution in [0.15, 0.2) is 18.2 Å². The number of rotatable bonds is 3. The van der Waals surface area contributed by atoms with E-state index in [0.717, 1.165) is 12.3 Å². The topological polar surface area (TPSA) is 35.8 Å². The zero-order valence-corrected chi connectivity index (χ0v) is 10.9. The highest BCUT2D eigenvalue weighted by Gasteiger charge is 2.13. The van der Waals surface area contributed by atoms with Crippen LogP contribution in [0, 0.1) is 17.1 Å². The van der Waals surface area contributed by atoms with Crippen molar-refractivity contribution in [2.75, 3.05) is 29.1 Å². The van der Waals surface area contributed by atoms with E-state index in [1.54, 1.807) is 6.07 Å². The van der Waals surface area contributed by atoms with E-state index in [0.29, 0.717) is 16.5 Å². The Morgan fingerprint density at radius 2 is 2.29 bits per heavy atom. The number of hydrogen-bond acceptors (Lipinski definition) is 4. The fraction of sp³-hybridized carbons (Fsp3) is 0.417. The molecule has 2 rings (SSSR count). The van der Waals surface area contributed by atoms with Crippen LogP contribution in [0.5, 0.6) is 0 Å². The molecular formula is C12H13FN2S2. The molecule has 1 aromatic carbocycles. The molecule has 1 N–H and O–H groups in total. The molecule has 0 radical (unpaired) electrons. The molecule has 0 aliphatic carbocycles. The van der Waals surface area contributed by atoms with Crippen LogP contribution < -0.4 is 5.32 Å². The maximum atomic E-state index is 13.2. The van der Waals surface area contributed by atoms with Crippen LogP contribution in [-0.2, 0) is 0 Å². The fourth-order valence-corrected chi connectivity index (χ4v) is 4.25. The van der Waals surface area contributed by atoms with Crippen LogP contribution in [0.4, 0.5) is 10.1 Å². The molecule has 0 aromatic heterocycles. The van der Waals surface area contributed by atoms with Gasteiger partial charge in [-0.15, -0.1) is 0 Å². The van der Waals surface area contributed by atoms with Crippen LogP contribution in [0.3, 0.4) is 0 Å². The summed E-state index contributed by atoms with van der Waals surface area (Å²) in [7, 11) is 0. The van der Waals surface area contributed by atoms with E-state index in [1.165, 1.54) is 23.6 Å². The number of nitrogens with zero attached hydrogens (tertiary/aromatic N) is 1. The third-order valence-electron chi connectivity index (χ3n) is 2.45. The highest BCUT2D eigenvalue weighted by atomic mass is 32.2. The first-order valence-corrected chi connectivity index (χ1v) is 7.62. The van der Waals surface area contributed by atoms with Crippen LogP contribution >= 0.6 is 23.5 Å². The Kier molecular flexibility index (Phi) is 4.57. The number of nitriles is 1. The first-order chi connectivity index (χ1) is 8.28. The minimum Gasteiger partial charge on any atom is -0.384 e. The third kappa shape index (κ3) is 3.83. The van der Waals surface area contributed by atoms with Crippen LogP contribution in [0.25, 0.3) is 0 Å². The summed E-state index contributed by atoms with van der Waals surface area (Å²) in [6.45, 7) is 0.825. The third-order valence-corrected chi connectivity index (χ3v) is 5.29. The molecule has 5 heteroatoms. The van der Waals surface area contributed by atoms with Gasteiger partial charge in [-0.2, -0.15) is 28.8 Å². The number of thioether (sulfide) groups is 2. The average molecular weight is 268 g/mol. The Labute approximate surface area is 109 Å². The first kappa shape index (κ1) is 12.6. The first-order valence-electron chi connectivity index (χ1n) is 5.42. The van der Waals surface area contributed by atoms with Crippen molar-refractivity contribution >= 4 is 29.2 Å². The smallest absolute Gasteiger partial charge is 0.126 e. The van der Waals surface area contributed by atoms with Gasteiger partial charge in [-0.3, -0.25) is 0 Å². The Bertz CT molecular complexity index is 425. The van der Waals surface area contributed by atoms with Crippen LogP contribution in [0.2, 0.25) is 0 Å². The number of halogens is 1. The second-order valence-electron chi connectivity index (χ2n) is 3.79. The van der Waals surface area contributed by atoms with Crippen LogP contribution in [0.1, 0.15) is 5.56 Å². The molecule has 1 aliphatic heterocycles. The second kappa shape index (κ2) is 6.18.